The fraction of sp³-hybridized carbons (Fsp3) is 0.444. The lowest BCUT2D eigenvalue weighted by atomic mass is 10.1. The topological polar surface area (TPSA) is 104 Å². The first-order chi connectivity index (χ1) is 12.7. The maximum absolute atomic E-state index is 13.0. The molecule has 1 aliphatic heterocycles. The maximum Gasteiger partial charge on any atom is 0.335 e. The number of aromatic carboxylic acids is 1. The molecule has 3 rings (SSSR count). The summed E-state index contributed by atoms with van der Waals surface area (Å²) < 4.78 is 33.0. The molecule has 8 nitrogen and oxygen atoms in total. The summed E-state index contributed by atoms with van der Waals surface area (Å²) in [7, 11) is -3.74. The molecule has 2 aromatic rings. The summed E-state index contributed by atoms with van der Waals surface area (Å²) in [4.78, 5) is 17.8. The van der Waals surface area contributed by atoms with E-state index in [1.807, 2.05) is 13.8 Å². The van der Waals surface area contributed by atoms with Gasteiger partial charge in [-0.25, -0.2) is 18.2 Å². The van der Waals surface area contributed by atoms with Gasteiger partial charge in [0.05, 0.1) is 22.7 Å². The van der Waals surface area contributed by atoms with Crippen molar-refractivity contribution in [2.24, 2.45) is 0 Å². The van der Waals surface area contributed by atoms with E-state index in [9.17, 15) is 18.3 Å². The first-order valence-electron chi connectivity index (χ1n) is 8.68. The third kappa shape index (κ3) is 3.90. The van der Waals surface area contributed by atoms with Gasteiger partial charge in [0.25, 0.3) is 0 Å². The molecule has 2 heterocycles. The molecule has 1 N–H and O–H groups in total. The Hall–Kier alpha value is -2.23. The molecule has 0 spiro atoms. The Labute approximate surface area is 158 Å². The van der Waals surface area contributed by atoms with Gasteiger partial charge in [0.1, 0.15) is 5.76 Å². The van der Waals surface area contributed by atoms with Gasteiger partial charge in [0.15, 0.2) is 0 Å². The smallest absolute Gasteiger partial charge is 0.335 e. The number of aryl methyl sites for hydroxylation is 2. The fourth-order valence-electron chi connectivity index (χ4n) is 3.19. The van der Waals surface area contributed by atoms with Gasteiger partial charge in [-0.2, -0.15) is 4.31 Å². The maximum atomic E-state index is 13.0. The van der Waals surface area contributed by atoms with Crippen molar-refractivity contribution in [2.75, 3.05) is 26.2 Å². The van der Waals surface area contributed by atoms with E-state index in [-0.39, 0.29) is 16.0 Å². The van der Waals surface area contributed by atoms with Gasteiger partial charge in [-0.15, -0.1) is 0 Å². The van der Waals surface area contributed by atoms with Crippen LogP contribution in [0.1, 0.15) is 33.3 Å². The highest BCUT2D eigenvalue weighted by Crippen LogP contribution is 2.24. The van der Waals surface area contributed by atoms with Crippen molar-refractivity contribution in [1.82, 2.24) is 14.2 Å². The summed E-state index contributed by atoms with van der Waals surface area (Å²) in [5, 5.41) is 9.23. The summed E-state index contributed by atoms with van der Waals surface area (Å²) in [5.41, 5.74) is 1.13. The van der Waals surface area contributed by atoms with Crippen LogP contribution in [-0.2, 0) is 16.6 Å². The quantitative estimate of drug-likeness (QED) is 0.826. The minimum atomic E-state index is -3.74. The van der Waals surface area contributed by atoms with Crippen LogP contribution < -0.4 is 0 Å². The van der Waals surface area contributed by atoms with E-state index in [2.05, 4.69) is 9.88 Å². The van der Waals surface area contributed by atoms with Crippen molar-refractivity contribution in [3.8, 4) is 0 Å². The number of nitrogens with zero attached hydrogens (tertiary/aromatic N) is 3. The second kappa shape index (κ2) is 7.41. The van der Waals surface area contributed by atoms with Crippen molar-refractivity contribution >= 4 is 16.0 Å². The number of aromatic nitrogens is 1. The minimum Gasteiger partial charge on any atom is -0.478 e. The highest BCUT2D eigenvalue weighted by molar-refractivity contribution is 7.89. The summed E-state index contributed by atoms with van der Waals surface area (Å²) >= 11 is 0. The molecule has 0 saturated carbocycles. The van der Waals surface area contributed by atoms with Crippen LogP contribution in [0.4, 0.5) is 0 Å². The monoisotopic (exact) mass is 393 g/mol. The van der Waals surface area contributed by atoms with Crippen molar-refractivity contribution in [2.45, 2.75) is 32.2 Å². The third-order valence-electron chi connectivity index (χ3n) is 4.90. The number of carboxylic acids is 1. The molecule has 0 amide bonds. The molecular formula is C18H23N3O5S. The highest BCUT2D eigenvalue weighted by Gasteiger charge is 2.31. The number of hydrogen-bond donors (Lipinski definition) is 1. The second-order valence-electron chi connectivity index (χ2n) is 6.66. The summed E-state index contributed by atoms with van der Waals surface area (Å²) in [6.07, 6.45) is 0. The molecule has 0 unspecified atom stereocenters. The predicted molar refractivity (Wildman–Crippen MR) is 98.2 cm³/mol. The Bertz CT molecular complexity index is 940. The Morgan fingerprint density at radius 1 is 1.19 bits per heavy atom. The van der Waals surface area contributed by atoms with Crippen LogP contribution >= 0.6 is 0 Å². The molecule has 0 aliphatic carbocycles. The highest BCUT2D eigenvalue weighted by atomic mass is 32.2. The predicted octanol–water partition coefficient (Wildman–Crippen LogP) is 1.80. The van der Waals surface area contributed by atoms with Gasteiger partial charge in [0, 0.05) is 26.2 Å². The number of rotatable bonds is 5. The molecule has 1 aromatic carbocycles. The lowest BCUT2D eigenvalue weighted by Crippen LogP contribution is -2.48. The molecule has 0 radical (unpaired) electrons. The zero-order valence-corrected chi connectivity index (χ0v) is 16.4. The number of oxazole rings is 1. The molecule has 1 aromatic heterocycles. The zero-order valence-electron chi connectivity index (χ0n) is 15.6. The summed E-state index contributed by atoms with van der Waals surface area (Å²) in [6, 6.07) is 4.34. The van der Waals surface area contributed by atoms with Gasteiger partial charge >= 0.3 is 5.97 Å². The zero-order chi connectivity index (χ0) is 19.8. The standard InChI is InChI=1S/C18H23N3O5S/c1-12-15(18(22)23)5-4-6-16(12)27(24,25)21-9-7-20(8-10-21)11-17-19-13(2)14(3)26-17/h4-6H,7-11H2,1-3H3,(H,22,23). The van der Waals surface area contributed by atoms with Gasteiger partial charge in [0.2, 0.25) is 15.9 Å². The SMILES string of the molecule is Cc1nc(CN2CCN(S(=O)(=O)c3cccc(C(=O)O)c3C)CC2)oc1C. The average molecular weight is 393 g/mol. The normalized spacial score (nSPS) is 16.6. The van der Waals surface area contributed by atoms with Crippen molar-refractivity contribution < 1.29 is 22.7 Å². The van der Waals surface area contributed by atoms with E-state index in [4.69, 9.17) is 4.42 Å². The largest absolute Gasteiger partial charge is 0.478 e. The number of piperazine rings is 1. The van der Waals surface area contributed by atoms with Gasteiger partial charge in [-0.1, -0.05) is 6.07 Å². The van der Waals surface area contributed by atoms with Crippen LogP contribution in [0.3, 0.4) is 0 Å². The molecule has 1 fully saturated rings. The van der Waals surface area contributed by atoms with E-state index in [0.717, 1.165) is 11.5 Å². The van der Waals surface area contributed by atoms with Crippen molar-refractivity contribution in [3.63, 3.8) is 0 Å². The Kier molecular flexibility index (Phi) is 5.36. The molecule has 27 heavy (non-hydrogen) atoms. The summed E-state index contributed by atoms with van der Waals surface area (Å²) in [5.74, 6) is 0.289. The molecule has 0 bridgehead atoms. The first kappa shape index (κ1) is 19.5. The average Bonchev–Trinajstić information content (AvgIpc) is 2.92. The summed E-state index contributed by atoms with van der Waals surface area (Å²) in [6.45, 7) is 7.59. The number of hydrogen-bond acceptors (Lipinski definition) is 6. The van der Waals surface area contributed by atoms with Crippen molar-refractivity contribution in [3.05, 3.63) is 46.7 Å². The number of sulfonamides is 1. The third-order valence-corrected chi connectivity index (χ3v) is 6.94. The molecule has 0 atom stereocenters. The van der Waals surface area contributed by atoms with Crippen LogP contribution in [0, 0.1) is 20.8 Å². The van der Waals surface area contributed by atoms with E-state index in [1.54, 1.807) is 0 Å². The van der Waals surface area contributed by atoms with Gasteiger partial charge < -0.3 is 9.52 Å². The number of carboxylic acid groups (broad SMARTS) is 1. The molecule has 146 valence electrons. The Balaban J connectivity index is 1.71. The van der Waals surface area contributed by atoms with Crippen molar-refractivity contribution in [1.29, 1.82) is 0 Å². The number of benzene rings is 1. The lowest BCUT2D eigenvalue weighted by Gasteiger charge is -2.33. The Morgan fingerprint density at radius 2 is 1.85 bits per heavy atom. The van der Waals surface area contributed by atoms with E-state index in [0.29, 0.717) is 38.6 Å². The first-order valence-corrected chi connectivity index (χ1v) is 10.1. The molecule has 1 aliphatic rings. The van der Waals surface area contributed by atoms with Crippen LogP contribution in [-0.4, -0.2) is 59.9 Å². The van der Waals surface area contributed by atoms with E-state index in [1.165, 1.54) is 29.4 Å². The van der Waals surface area contributed by atoms with Crippen LogP contribution in [0.25, 0.3) is 0 Å². The molecular weight excluding hydrogens is 370 g/mol. The Morgan fingerprint density at radius 3 is 2.41 bits per heavy atom. The van der Waals surface area contributed by atoms with E-state index >= 15 is 0 Å². The molecule has 9 heteroatoms. The van der Waals surface area contributed by atoms with E-state index < -0.39 is 16.0 Å². The van der Waals surface area contributed by atoms with Crippen LogP contribution in [0.5, 0.6) is 0 Å². The van der Waals surface area contributed by atoms with Crippen LogP contribution in [0.15, 0.2) is 27.5 Å². The van der Waals surface area contributed by atoms with Gasteiger partial charge in [-0.05, 0) is 38.5 Å². The van der Waals surface area contributed by atoms with Crippen LogP contribution in [0.2, 0.25) is 0 Å². The fourth-order valence-corrected chi connectivity index (χ4v) is 4.86. The lowest BCUT2D eigenvalue weighted by molar-refractivity contribution is 0.0695. The minimum absolute atomic E-state index is 0.00402. The van der Waals surface area contributed by atoms with Gasteiger partial charge in [-0.3, -0.25) is 4.90 Å². The number of carbonyl (C=O) groups is 1. The second-order valence-corrected chi connectivity index (χ2v) is 8.57. The molecule has 1 saturated heterocycles.